The van der Waals surface area contributed by atoms with Gasteiger partial charge in [-0.2, -0.15) is 0 Å². The third-order valence-corrected chi connectivity index (χ3v) is 5.70. The molecule has 162 valence electrons. The summed E-state index contributed by atoms with van der Waals surface area (Å²) < 4.78 is 16.4. The van der Waals surface area contributed by atoms with E-state index in [-0.39, 0.29) is 33.7 Å². The molecular weight excluding hydrogens is 403 g/mol. The van der Waals surface area contributed by atoms with E-state index >= 15 is 0 Å². The van der Waals surface area contributed by atoms with Crippen LogP contribution in [-0.4, -0.2) is 10.5 Å². The highest BCUT2D eigenvalue weighted by molar-refractivity contribution is 6.06. The molecule has 4 rings (SSSR count). The van der Waals surface area contributed by atoms with Gasteiger partial charge in [0.05, 0.1) is 11.1 Å². The topological polar surface area (TPSA) is 51.1 Å². The van der Waals surface area contributed by atoms with Crippen LogP contribution >= 0.6 is 0 Å². The fourth-order valence-electron chi connectivity index (χ4n) is 3.85. The number of pyridine rings is 1. The number of halogens is 1. The molecule has 1 N–H and O–H groups in total. The Balaban J connectivity index is 1.87. The van der Waals surface area contributed by atoms with Gasteiger partial charge in [0.2, 0.25) is 0 Å². The number of aryl methyl sites for hydroxylation is 1. The standard InChI is InChI=1S/C27H25FN2O2/c1-27(2,3)18-15-13-17(14-16-18)26(32)29-25-23(19-9-5-7-11-21(19)28)24(31)20-10-6-8-12-22(20)30(25)4/h5-16H,1-4H3,(H,29,32). The van der Waals surface area contributed by atoms with Crippen molar-refractivity contribution >= 4 is 22.6 Å². The number of rotatable bonds is 3. The predicted octanol–water partition coefficient (Wildman–Crippen LogP) is 5.89. The molecule has 0 fully saturated rings. The molecule has 0 spiro atoms. The van der Waals surface area contributed by atoms with E-state index in [9.17, 15) is 14.0 Å². The molecule has 0 radical (unpaired) electrons. The van der Waals surface area contributed by atoms with Gasteiger partial charge in [-0.1, -0.05) is 63.2 Å². The third-order valence-electron chi connectivity index (χ3n) is 5.70. The highest BCUT2D eigenvalue weighted by Crippen LogP contribution is 2.30. The summed E-state index contributed by atoms with van der Waals surface area (Å²) in [7, 11) is 1.75. The molecule has 3 aromatic carbocycles. The summed E-state index contributed by atoms with van der Waals surface area (Å²) in [5.41, 5.74) is 2.13. The number of hydrogen-bond donors (Lipinski definition) is 1. The van der Waals surface area contributed by atoms with Crippen molar-refractivity contribution in [2.75, 3.05) is 5.32 Å². The molecular formula is C27H25FN2O2. The molecule has 4 nitrogen and oxygen atoms in total. The van der Waals surface area contributed by atoms with Crippen LogP contribution in [0.15, 0.2) is 77.6 Å². The largest absolute Gasteiger partial charge is 0.330 e. The van der Waals surface area contributed by atoms with Gasteiger partial charge in [-0.25, -0.2) is 4.39 Å². The minimum Gasteiger partial charge on any atom is -0.330 e. The van der Waals surface area contributed by atoms with Crippen molar-refractivity contribution in [1.82, 2.24) is 4.57 Å². The summed E-state index contributed by atoms with van der Waals surface area (Å²) >= 11 is 0. The van der Waals surface area contributed by atoms with Crippen LogP contribution in [0.5, 0.6) is 0 Å². The number of aromatic nitrogens is 1. The monoisotopic (exact) mass is 428 g/mol. The average Bonchev–Trinajstić information content (AvgIpc) is 2.78. The first-order valence-electron chi connectivity index (χ1n) is 10.5. The summed E-state index contributed by atoms with van der Waals surface area (Å²) in [6.45, 7) is 6.31. The molecule has 0 aliphatic heterocycles. The number of nitrogens with one attached hydrogen (secondary N) is 1. The molecule has 0 aliphatic rings. The molecule has 0 saturated heterocycles. The Morgan fingerprint density at radius 3 is 2.19 bits per heavy atom. The maximum Gasteiger partial charge on any atom is 0.256 e. The van der Waals surface area contributed by atoms with E-state index in [1.165, 1.54) is 6.07 Å². The molecule has 0 atom stereocenters. The fourth-order valence-corrected chi connectivity index (χ4v) is 3.85. The zero-order valence-corrected chi connectivity index (χ0v) is 18.6. The summed E-state index contributed by atoms with van der Waals surface area (Å²) in [4.78, 5) is 26.5. The van der Waals surface area contributed by atoms with Crippen molar-refractivity contribution in [1.29, 1.82) is 0 Å². The summed E-state index contributed by atoms with van der Waals surface area (Å²) in [6.07, 6.45) is 0. The number of fused-ring (bicyclic) bond motifs is 1. The van der Waals surface area contributed by atoms with E-state index in [2.05, 4.69) is 26.1 Å². The van der Waals surface area contributed by atoms with Gasteiger partial charge in [-0.05, 0) is 41.3 Å². The number of anilines is 1. The zero-order valence-electron chi connectivity index (χ0n) is 18.6. The molecule has 0 bridgehead atoms. The van der Waals surface area contributed by atoms with Gasteiger partial charge in [-0.3, -0.25) is 9.59 Å². The Morgan fingerprint density at radius 2 is 1.53 bits per heavy atom. The van der Waals surface area contributed by atoms with Gasteiger partial charge in [-0.15, -0.1) is 0 Å². The van der Waals surface area contributed by atoms with Gasteiger partial charge in [0.15, 0.2) is 5.43 Å². The molecule has 1 aromatic heterocycles. The normalized spacial score (nSPS) is 11.5. The Kier molecular flexibility index (Phi) is 5.43. The number of amides is 1. The van der Waals surface area contributed by atoms with Crippen molar-refractivity contribution < 1.29 is 9.18 Å². The number of para-hydroxylation sites is 1. The second-order valence-corrected chi connectivity index (χ2v) is 8.89. The fraction of sp³-hybridized carbons (Fsp3) is 0.185. The molecule has 32 heavy (non-hydrogen) atoms. The first kappa shape index (κ1) is 21.5. The molecule has 1 heterocycles. The number of carbonyl (C=O) groups is 1. The predicted molar refractivity (Wildman–Crippen MR) is 128 cm³/mol. The number of carbonyl (C=O) groups excluding carboxylic acids is 1. The lowest BCUT2D eigenvalue weighted by molar-refractivity contribution is 0.102. The second kappa shape index (κ2) is 8.08. The molecule has 5 heteroatoms. The van der Waals surface area contributed by atoms with Crippen LogP contribution in [0.2, 0.25) is 0 Å². The molecule has 0 unspecified atom stereocenters. The second-order valence-electron chi connectivity index (χ2n) is 8.89. The van der Waals surface area contributed by atoms with Crippen molar-refractivity contribution in [3.8, 4) is 11.1 Å². The lowest BCUT2D eigenvalue weighted by atomic mass is 9.87. The Morgan fingerprint density at radius 1 is 0.906 bits per heavy atom. The maximum atomic E-state index is 14.7. The van der Waals surface area contributed by atoms with Crippen molar-refractivity contribution in [2.45, 2.75) is 26.2 Å². The van der Waals surface area contributed by atoms with E-state index in [1.807, 2.05) is 18.2 Å². The van der Waals surface area contributed by atoms with Crippen molar-refractivity contribution in [2.24, 2.45) is 7.05 Å². The zero-order chi connectivity index (χ0) is 23.0. The highest BCUT2D eigenvalue weighted by atomic mass is 19.1. The first-order chi connectivity index (χ1) is 15.2. The Hall–Kier alpha value is -3.73. The van der Waals surface area contributed by atoms with Gasteiger partial charge < -0.3 is 9.88 Å². The van der Waals surface area contributed by atoms with E-state index in [4.69, 9.17) is 0 Å². The molecule has 1 amide bonds. The van der Waals surface area contributed by atoms with E-state index in [0.29, 0.717) is 16.5 Å². The maximum absolute atomic E-state index is 14.7. The molecule has 4 aromatic rings. The van der Waals surface area contributed by atoms with E-state index in [1.54, 1.807) is 60.1 Å². The summed E-state index contributed by atoms with van der Waals surface area (Å²) in [6, 6.07) is 20.6. The van der Waals surface area contributed by atoms with Crippen LogP contribution < -0.4 is 10.7 Å². The number of benzene rings is 3. The van der Waals surface area contributed by atoms with Crippen LogP contribution in [0.4, 0.5) is 10.2 Å². The summed E-state index contributed by atoms with van der Waals surface area (Å²) in [5, 5.41) is 3.33. The lowest BCUT2D eigenvalue weighted by Gasteiger charge is -2.20. The van der Waals surface area contributed by atoms with Crippen LogP contribution in [0, 0.1) is 5.82 Å². The van der Waals surface area contributed by atoms with Gasteiger partial charge >= 0.3 is 0 Å². The van der Waals surface area contributed by atoms with Crippen LogP contribution in [0.25, 0.3) is 22.0 Å². The Bertz CT molecular complexity index is 1380. The molecule has 0 aliphatic carbocycles. The van der Waals surface area contributed by atoms with E-state index in [0.717, 1.165) is 5.56 Å². The van der Waals surface area contributed by atoms with Gasteiger partial charge in [0, 0.05) is 23.6 Å². The SMILES string of the molecule is Cn1c(NC(=O)c2ccc(C(C)(C)C)cc2)c(-c2ccccc2F)c(=O)c2ccccc21. The minimum atomic E-state index is -0.523. The minimum absolute atomic E-state index is 0.0325. The van der Waals surface area contributed by atoms with Crippen LogP contribution in [0.3, 0.4) is 0 Å². The number of nitrogens with zero attached hydrogens (tertiary/aromatic N) is 1. The van der Waals surface area contributed by atoms with Crippen molar-refractivity contribution in [3.05, 3.63) is 100.0 Å². The number of hydrogen-bond acceptors (Lipinski definition) is 2. The summed E-state index contributed by atoms with van der Waals surface area (Å²) in [5.74, 6) is -0.637. The van der Waals surface area contributed by atoms with E-state index < -0.39 is 5.82 Å². The average molecular weight is 429 g/mol. The van der Waals surface area contributed by atoms with Crippen LogP contribution in [0.1, 0.15) is 36.7 Å². The third kappa shape index (κ3) is 3.82. The van der Waals surface area contributed by atoms with Crippen LogP contribution in [-0.2, 0) is 12.5 Å². The van der Waals surface area contributed by atoms with Crippen molar-refractivity contribution in [3.63, 3.8) is 0 Å². The first-order valence-corrected chi connectivity index (χ1v) is 10.5. The van der Waals surface area contributed by atoms with Gasteiger partial charge in [0.1, 0.15) is 11.6 Å². The Labute approximate surface area is 186 Å². The van der Waals surface area contributed by atoms with Gasteiger partial charge in [0.25, 0.3) is 5.91 Å². The molecule has 0 saturated carbocycles. The highest BCUT2D eigenvalue weighted by Gasteiger charge is 2.21. The smallest absolute Gasteiger partial charge is 0.256 e. The lowest BCUT2D eigenvalue weighted by Crippen LogP contribution is -2.22. The quantitative estimate of drug-likeness (QED) is 0.442.